The van der Waals surface area contributed by atoms with Gasteiger partial charge in [0, 0.05) is 36.5 Å². The standard InChI is InChI=1S/C16H18N6O.C2HF3O2/c1-10-3-4-17-13(5-10)16-19-14(23-21-16)9-22-7-11(2)15-12(8-22)6-18-20-15;3-2(4,5)1(6)7/h3-6,11H,7-9H2,1-2H3,(H,18,20);(H,6,7). The Kier molecular flexibility index (Phi) is 6.15. The van der Waals surface area contributed by atoms with Crippen LogP contribution in [0, 0.1) is 6.92 Å². The number of aryl methyl sites for hydroxylation is 1. The zero-order chi connectivity index (χ0) is 21.9. The maximum absolute atomic E-state index is 10.6. The van der Waals surface area contributed by atoms with Crippen LogP contribution in [0.15, 0.2) is 29.0 Å². The summed E-state index contributed by atoms with van der Waals surface area (Å²) in [5.74, 6) is -1.19. The number of hydrogen-bond donors (Lipinski definition) is 2. The van der Waals surface area contributed by atoms with Gasteiger partial charge in [0.2, 0.25) is 11.7 Å². The second kappa shape index (κ2) is 8.61. The molecule has 3 aromatic rings. The first-order valence-corrected chi connectivity index (χ1v) is 8.93. The van der Waals surface area contributed by atoms with Crippen LogP contribution in [0.2, 0.25) is 0 Å². The van der Waals surface area contributed by atoms with Crippen molar-refractivity contribution in [2.24, 2.45) is 0 Å². The molecule has 1 unspecified atom stereocenters. The summed E-state index contributed by atoms with van der Waals surface area (Å²) in [6, 6.07) is 3.90. The highest BCUT2D eigenvalue weighted by molar-refractivity contribution is 5.73. The number of aromatic nitrogens is 5. The molecule has 0 bridgehead atoms. The average molecular weight is 424 g/mol. The molecule has 0 fully saturated rings. The lowest BCUT2D eigenvalue weighted by Gasteiger charge is -2.29. The van der Waals surface area contributed by atoms with E-state index >= 15 is 0 Å². The molecule has 0 saturated heterocycles. The van der Waals surface area contributed by atoms with E-state index in [4.69, 9.17) is 14.4 Å². The molecule has 0 saturated carbocycles. The first kappa shape index (κ1) is 21.4. The molecule has 0 spiro atoms. The minimum Gasteiger partial charge on any atom is -0.475 e. The van der Waals surface area contributed by atoms with Crippen molar-refractivity contribution < 1.29 is 27.6 Å². The molecule has 0 amide bonds. The number of alkyl halides is 3. The number of halogens is 3. The lowest BCUT2D eigenvalue weighted by molar-refractivity contribution is -0.192. The molecule has 0 aromatic carbocycles. The number of carboxylic acids is 1. The smallest absolute Gasteiger partial charge is 0.475 e. The van der Waals surface area contributed by atoms with Gasteiger partial charge in [0.05, 0.1) is 12.7 Å². The molecule has 1 atom stereocenters. The van der Waals surface area contributed by atoms with Crippen LogP contribution < -0.4 is 0 Å². The number of rotatable bonds is 3. The van der Waals surface area contributed by atoms with Gasteiger partial charge in [0.15, 0.2) is 0 Å². The second-order valence-corrected chi connectivity index (χ2v) is 6.91. The maximum Gasteiger partial charge on any atom is 0.490 e. The number of nitrogens with zero attached hydrogens (tertiary/aromatic N) is 5. The molecule has 30 heavy (non-hydrogen) atoms. The highest BCUT2D eigenvalue weighted by Gasteiger charge is 2.38. The number of fused-ring (bicyclic) bond motifs is 1. The molecule has 2 N–H and O–H groups in total. The number of nitrogens with one attached hydrogen (secondary N) is 1. The Morgan fingerprint density at radius 1 is 1.43 bits per heavy atom. The Hall–Kier alpha value is -3.28. The number of aliphatic carboxylic acids is 1. The third-order valence-electron chi connectivity index (χ3n) is 4.38. The van der Waals surface area contributed by atoms with Gasteiger partial charge in [-0.05, 0) is 24.6 Å². The van der Waals surface area contributed by atoms with Crippen molar-refractivity contribution in [1.82, 2.24) is 30.2 Å². The third-order valence-corrected chi connectivity index (χ3v) is 4.38. The van der Waals surface area contributed by atoms with Crippen molar-refractivity contribution in [3.05, 3.63) is 47.2 Å². The van der Waals surface area contributed by atoms with Gasteiger partial charge in [-0.15, -0.1) is 0 Å². The van der Waals surface area contributed by atoms with Crippen LogP contribution in [0.1, 0.15) is 35.6 Å². The topological polar surface area (TPSA) is 121 Å². The molecule has 9 nitrogen and oxygen atoms in total. The normalized spacial score (nSPS) is 16.5. The molecule has 12 heteroatoms. The van der Waals surface area contributed by atoms with Crippen LogP contribution in [0.25, 0.3) is 11.5 Å². The van der Waals surface area contributed by atoms with E-state index in [1.807, 2.05) is 25.3 Å². The fraction of sp³-hybridized carbons (Fsp3) is 0.389. The molecule has 1 aliphatic rings. The van der Waals surface area contributed by atoms with Gasteiger partial charge in [0.1, 0.15) is 5.69 Å². The molecule has 0 radical (unpaired) electrons. The quantitative estimate of drug-likeness (QED) is 0.658. The van der Waals surface area contributed by atoms with E-state index in [0.29, 0.717) is 24.2 Å². The summed E-state index contributed by atoms with van der Waals surface area (Å²) in [5, 5.41) is 18.4. The van der Waals surface area contributed by atoms with Gasteiger partial charge in [-0.2, -0.15) is 23.3 Å². The summed E-state index contributed by atoms with van der Waals surface area (Å²) < 4.78 is 37.1. The minimum atomic E-state index is -5.08. The number of carbonyl (C=O) groups is 1. The van der Waals surface area contributed by atoms with Gasteiger partial charge < -0.3 is 9.63 Å². The highest BCUT2D eigenvalue weighted by atomic mass is 19.4. The number of H-pyrrole nitrogens is 1. The molecule has 3 aromatic heterocycles. The Morgan fingerprint density at radius 2 is 2.17 bits per heavy atom. The summed E-state index contributed by atoms with van der Waals surface area (Å²) in [5.41, 5.74) is 4.34. The van der Waals surface area contributed by atoms with Crippen molar-refractivity contribution in [3.63, 3.8) is 0 Å². The Balaban J connectivity index is 0.000000318. The van der Waals surface area contributed by atoms with Crippen LogP contribution in [0.4, 0.5) is 13.2 Å². The fourth-order valence-corrected chi connectivity index (χ4v) is 3.05. The van der Waals surface area contributed by atoms with Crippen molar-refractivity contribution in [1.29, 1.82) is 0 Å². The first-order valence-electron chi connectivity index (χ1n) is 8.93. The van der Waals surface area contributed by atoms with Gasteiger partial charge in [0.25, 0.3) is 0 Å². The lowest BCUT2D eigenvalue weighted by Crippen LogP contribution is -2.32. The molecular weight excluding hydrogens is 405 g/mol. The van der Waals surface area contributed by atoms with Gasteiger partial charge in [-0.3, -0.25) is 15.0 Å². The van der Waals surface area contributed by atoms with E-state index in [2.05, 4.69) is 37.1 Å². The number of aromatic amines is 1. The molecular formula is C18H19F3N6O3. The highest BCUT2D eigenvalue weighted by Crippen LogP contribution is 2.26. The number of hydrogen-bond acceptors (Lipinski definition) is 7. The third kappa shape index (κ3) is 5.20. The predicted molar refractivity (Wildman–Crippen MR) is 97.1 cm³/mol. The van der Waals surface area contributed by atoms with E-state index in [0.717, 1.165) is 24.3 Å². The van der Waals surface area contributed by atoms with Gasteiger partial charge in [-0.25, -0.2) is 4.79 Å². The Labute approximate surface area is 168 Å². The van der Waals surface area contributed by atoms with Crippen molar-refractivity contribution >= 4 is 5.97 Å². The summed E-state index contributed by atoms with van der Waals surface area (Å²) in [7, 11) is 0. The predicted octanol–water partition coefficient (Wildman–Crippen LogP) is 2.92. The van der Waals surface area contributed by atoms with Crippen LogP contribution in [-0.2, 0) is 17.9 Å². The van der Waals surface area contributed by atoms with Crippen LogP contribution in [0.5, 0.6) is 0 Å². The Morgan fingerprint density at radius 3 is 2.83 bits per heavy atom. The number of carboxylic acid groups (broad SMARTS) is 1. The van der Waals surface area contributed by atoms with E-state index in [-0.39, 0.29) is 0 Å². The molecule has 160 valence electrons. The van der Waals surface area contributed by atoms with Crippen LogP contribution in [-0.4, -0.2) is 54.0 Å². The minimum absolute atomic E-state index is 0.419. The van der Waals surface area contributed by atoms with E-state index in [1.165, 1.54) is 11.3 Å². The monoisotopic (exact) mass is 424 g/mol. The lowest BCUT2D eigenvalue weighted by atomic mass is 9.99. The molecule has 0 aliphatic carbocycles. The van der Waals surface area contributed by atoms with Gasteiger partial charge in [-0.1, -0.05) is 12.1 Å². The van der Waals surface area contributed by atoms with Crippen molar-refractivity contribution in [2.45, 2.75) is 39.0 Å². The summed E-state index contributed by atoms with van der Waals surface area (Å²) >= 11 is 0. The van der Waals surface area contributed by atoms with E-state index < -0.39 is 12.1 Å². The fourth-order valence-electron chi connectivity index (χ4n) is 3.05. The maximum atomic E-state index is 10.6. The van der Waals surface area contributed by atoms with Crippen LogP contribution in [0.3, 0.4) is 0 Å². The van der Waals surface area contributed by atoms with Crippen molar-refractivity contribution in [2.75, 3.05) is 6.54 Å². The summed E-state index contributed by atoms with van der Waals surface area (Å²) in [6.45, 7) is 6.63. The SMILES string of the molecule is Cc1ccnc(-c2noc(CN3Cc4cn[nH]c4C(C)C3)n2)c1.O=C(O)C(F)(F)F. The second-order valence-electron chi connectivity index (χ2n) is 6.91. The average Bonchev–Trinajstić information content (AvgIpc) is 3.31. The van der Waals surface area contributed by atoms with Gasteiger partial charge >= 0.3 is 12.1 Å². The molecule has 4 heterocycles. The largest absolute Gasteiger partial charge is 0.490 e. The molecule has 1 aliphatic heterocycles. The van der Waals surface area contributed by atoms with E-state index in [1.54, 1.807) is 6.20 Å². The number of pyridine rings is 1. The first-order chi connectivity index (χ1) is 14.1. The zero-order valence-corrected chi connectivity index (χ0v) is 16.1. The summed E-state index contributed by atoms with van der Waals surface area (Å²) in [6.07, 6.45) is -1.43. The summed E-state index contributed by atoms with van der Waals surface area (Å²) in [4.78, 5) is 20.0. The molecule has 4 rings (SSSR count). The van der Waals surface area contributed by atoms with Crippen LogP contribution >= 0.6 is 0 Å². The zero-order valence-electron chi connectivity index (χ0n) is 16.1. The Bertz CT molecular complexity index is 1020. The van der Waals surface area contributed by atoms with Crippen molar-refractivity contribution in [3.8, 4) is 11.5 Å². The van der Waals surface area contributed by atoms with E-state index in [9.17, 15) is 13.2 Å².